The molecule has 2 heterocycles. The van der Waals surface area contributed by atoms with Gasteiger partial charge in [0.25, 0.3) is 5.91 Å². The molecule has 0 spiro atoms. The van der Waals surface area contributed by atoms with Crippen LogP contribution in [0.2, 0.25) is 10.0 Å². The van der Waals surface area contributed by atoms with Crippen molar-refractivity contribution in [3.63, 3.8) is 0 Å². The van der Waals surface area contributed by atoms with Gasteiger partial charge in [-0.3, -0.25) is 4.79 Å². The van der Waals surface area contributed by atoms with Crippen LogP contribution in [0.25, 0.3) is 10.4 Å². The van der Waals surface area contributed by atoms with Crippen LogP contribution >= 0.6 is 23.2 Å². The quantitative estimate of drug-likeness (QED) is 0.452. The van der Waals surface area contributed by atoms with Crippen molar-refractivity contribution >= 4 is 29.1 Å². The van der Waals surface area contributed by atoms with E-state index in [1.54, 1.807) is 6.92 Å². The van der Waals surface area contributed by atoms with E-state index in [0.717, 1.165) is 6.54 Å². The molecular formula is C11H14Cl2N6O. The van der Waals surface area contributed by atoms with Crippen LogP contribution in [-0.4, -0.2) is 36.1 Å². The number of carbonyl (C=O) groups is 1. The van der Waals surface area contributed by atoms with E-state index in [4.69, 9.17) is 28.7 Å². The number of carbonyl (C=O) groups excluding carboxylic acids is 1. The smallest absolute Gasteiger partial charge is 0.269 e. The maximum atomic E-state index is 12.2. The van der Waals surface area contributed by atoms with Crippen LogP contribution < -0.4 is 10.6 Å². The number of halogens is 2. The van der Waals surface area contributed by atoms with Gasteiger partial charge in [0.05, 0.1) is 16.1 Å². The number of hydrogen-bond acceptors (Lipinski definition) is 3. The molecule has 1 saturated heterocycles. The van der Waals surface area contributed by atoms with Crippen molar-refractivity contribution in [1.29, 1.82) is 0 Å². The number of piperidine rings is 1. The number of aromatic amines is 1. The molecule has 1 amide bonds. The van der Waals surface area contributed by atoms with Gasteiger partial charge in [-0.25, -0.2) is 0 Å². The Morgan fingerprint density at radius 1 is 1.50 bits per heavy atom. The number of amides is 1. The summed E-state index contributed by atoms with van der Waals surface area (Å²) in [4.78, 5) is 17.9. The molecule has 3 N–H and O–H groups in total. The third-order valence-corrected chi connectivity index (χ3v) is 4.19. The average molecular weight is 317 g/mol. The second-order valence-corrected chi connectivity index (χ2v) is 5.35. The Bertz CT molecular complexity index is 566. The van der Waals surface area contributed by atoms with E-state index >= 15 is 0 Å². The highest BCUT2D eigenvalue weighted by Crippen LogP contribution is 2.29. The topological polar surface area (TPSA) is 106 Å². The van der Waals surface area contributed by atoms with Crippen LogP contribution in [0.15, 0.2) is 5.11 Å². The van der Waals surface area contributed by atoms with E-state index in [1.807, 2.05) is 0 Å². The van der Waals surface area contributed by atoms with Gasteiger partial charge in [-0.1, -0.05) is 28.3 Å². The van der Waals surface area contributed by atoms with Crippen molar-refractivity contribution in [2.75, 3.05) is 13.1 Å². The molecule has 1 aromatic rings. The van der Waals surface area contributed by atoms with Gasteiger partial charge in [-0.15, -0.1) is 0 Å². The Morgan fingerprint density at radius 2 is 2.25 bits per heavy atom. The fourth-order valence-corrected chi connectivity index (χ4v) is 2.58. The lowest BCUT2D eigenvalue weighted by atomic mass is 10.0. The summed E-state index contributed by atoms with van der Waals surface area (Å²) in [5.74, 6) is -0.352. The fourth-order valence-electron chi connectivity index (χ4n) is 2.17. The standard InChI is InChI=1S/C11H14Cl2N6O/c1-5-8(12)9(13)10(16-5)11(20)17-6-2-3-15-4-7(6)18-19-14/h6-7,15-16H,2-4H2,1H3,(H,17,20). The lowest BCUT2D eigenvalue weighted by Crippen LogP contribution is -2.51. The number of hydrogen-bond donors (Lipinski definition) is 3. The molecule has 1 aliphatic heterocycles. The molecule has 9 heteroatoms. The lowest BCUT2D eigenvalue weighted by molar-refractivity contribution is 0.0919. The minimum Gasteiger partial charge on any atom is -0.352 e. The second kappa shape index (κ2) is 6.37. The molecule has 0 saturated carbocycles. The van der Waals surface area contributed by atoms with Crippen LogP contribution in [0.5, 0.6) is 0 Å². The molecule has 1 aliphatic rings. The molecule has 2 atom stereocenters. The van der Waals surface area contributed by atoms with E-state index < -0.39 is 0 Å². The monoisotopic (exact) mass is 316 g/mol. The molecule has 108 valence electrons. The summed E-state index contributed by atoms with van der Waals surface area (Å²) >= 11 is 11.9. The summed E-state index contributed by atoms with van der Waals surface area (Å²) in [6, 6.07) is -0.541. The zero-order chi connectivity index (χ0) is 14.7. The minimum absolute atomic E-state index is 0.205. The first kappa shape index (κ1) is 15.0. The van der Waals surface area contributed by atoms with Gasteiger partial charge in [0.2, 0.25) is 0 Å². The first-order valence-electron chi connectivity index (χ1n) is 6.14. The Morgan fingerprint density at radius 3 is 2.85 bits per heavy atom. The maximum absolute atomic E-state index is 12.2. The van der Waals surface area contributed by atoms with Gasteiger partial charge in [-0.05, 0) is 25.4 Å². The first-order valence-corrected chi connectivity index (χ1v) is 6.89. The number of rotatable bonds is 3. The minimum atomic E-state index is -0.352. The van der Waals surface area contributed by atoms with Crippen molar-refractivity contribution in [2.24, 2.45) is 5.11 Å². The molecule has 1 aromatic heterocycles. The van der Waals surface area contributed by atoms with E-state index in [0.29, 0.717) is 23.7 Å². The van der Waals surface area contributed by atoms with E-state index in [2.05, 4.69) is 25.6 Å². The predicted molar refractivity (Wildman–Crippen MR) is 77.2 cm³/mol. The number of aromatic nitrogens is 1. The third kappa shape index (κ3) is 3.02. The third-order valence-electron chi connectivity index (χ3n) is 3.25. The Hall–Kier alpha value is -1.40. The Balaban J connectivity index is 2.13. The van der Waals surface area contributed by atoms with Gasteiger partial charge < -0.3 is 15.6 Å². The number of H-pyrrole nitrogens is 1. The van der Waals surface area contributed by atoms with Crippen LogP contribution in [0.1, 0.15) is 22.6 Å². The highest BCUT2D eigenvalue weighted by Gasteiger charge is 2.27. The lowest BCUT2D eigenvalue weighted by Gasteiger charge is -2.29. The van der Waals surface area contributed by atoms with Gasteiger partial charge in [0.1, 0.15) is 5.69 Å². The summed E-state index contributed by atoms with van der Waals surface area (Å²) in [6.45, 7) is 3.02. The molecule has 2 unspecified atom stereocenters. The van der Waals surface area contributed by atoms with Crippen molar-refractivity contribution in [1.82, 2.24) is 15.6 Å². The van der Waals surface area contributed by atoms with E-state index in [1.165, 1.54) is 0 Å². The molecule has 0 aliphatic carbocycles. The molecular weight excluding hydrogens is 303 g/mol. The SMILES string of the molecule is Cc1[nH]c(C(=O)NC2CCNCC2N=[N+]=[N-])c(Cl)c1Cl. The summed E-state index contributed by atoms with van der Waals surface area (Å²) < 4.78 is 0. The molecule has 1 fully saturated rings. The predicted octanol–water partition coefficient (Wildman–Crippen LogP) is 2.40. The highest BCUT2D eigenvalue weighted by atomic mass is 35.5. The summed E-state index contributed by atoms with van der Waals surface area (Å²) in [5.41, 5.74) is 9.41. The second-order valence-electron chi connectivity index (χ2n) is 4.60. The summed E-state index contributed by atoms with van der Waals surface area (Å²) in [7, 11) is 0. The van der Waals surface area contributed by atoms with Crippen LogP contribution in [-0.2, 0) is 0 Å². The van der Waals surface area contributed by atoms with Crippen LogP contribution in [0.3, 0.4) is 0 Å². The highest BCUT2D eigenvalue weighted by molar-refractivity contribution is 6.44. The van der Waals surface area contributed by atoms with E-state index in [9.17, 15) is 4.79 Å². The van der Waals surface area contributed by atoms with Gasteiger partial charge in [0.15, 0.2) is 0 Å². The van der Waals surface area contributed by atoms with Gasteiger partial charge >= 0.3 is 0 Å². The van der Waals surface area contributed by atoms with Gasteiger partial charge in [0, 0.05) is 23.2 Å². The Labute approximate surface area is 125 Å². The number of nitrogens with zero attached hydrogens (tertiary/aromatic N) is 3. The van der Waals surface area contributed by atoms with Crippen molar-refractivity contribution < 1.29 is 4.79 Å². The first-order chi connectivity index (χ1) is 9.54. The molecule has 7 nitrogen and oxygen atoms in total. The fraction of sp³-hybridized carbons (Fsp3) is 0.545. The van der Waals surface area contributed by atoms with Crippen LogP contribution in [0.4, 0.5) is 0 Å². The molecule has 0 aromatic carbocycles. The largest absolute Gasteiger partial charge is 0.352 e. The van der Waals surface area contributed by atoms with Crippen LogP contribution in [0, 0.1) is 6.92 Å². The summed E-state index contributed by atoms with van der Waals surface area (Å²) in [5, 5.41) is 10.2. The van der Waals surface area contributed by atoms with Crippen molar-refractivity contribution in [2.45, 2.75) is 25.4 Å². The molecule has 20 heavy (non-hydrogen) atoms. The molecule has 0 bridgehead atoms. The van der Waals surface area contributed by atoms with Gasteiger partial charge in [-0.2, -0.15) is 0 Å². The Kier molecular flexibility index (Phi) is 4.77. The number of azide groups is 1. The molecule has 2 rings (SSSR count). The summed E-state index contributed by atoms with van der Waals surface area (Å²) in [6.07, 6.45) is 0.681. The molecule has 0 radical (unpaired) electrons. The number of nitrogens with one attached hydrogen (secondary N) is 3. The average Bonchev–Trinajstić information content (AvgIpc) is 2.69. The van der Waals surface area contributed by atoms with Crippen molar-refractivity contribution in [3.05, 3.63) is 31.9 Å². The van der Waals surface area contributed by atoms with E-state index in [-0.39, 0.29) is 28.7 Å². The zero-order valence-corrected chi connectivity index (χ0v) is 12.3. The zero-order valence-electron chi connectivity index (χ0n) is 10.8. The van der Waals surface area contributed by atoms with Crippen molar-refractivity contribution in [3.8, 4) is 0 Å². The number of aryl methyl sites for hydroxylation is 1. The maximum Gasteiger partial charge on any atom is 0.269 e. The normalized spacial score (nSPS) is 22.1.